The molecule has 29 heavy (non-hydrogen) atoms. The minimum Gasteiger partial charge on any atom is -0.464 e. The predicted octanol–water partition coefficient (Wildman–Crippen LogP) is 2.84. The first kappa shape index (κ1) is 24.2. The van der Waals surface area contributed by atoms with Crippen molar-refractivity contribution >= 4 is 11.8 Å². The Morgan fingerprint density at radius 2 is 1.83 bits per heavy atom. The van der Waals surface area contributed by atoms with E-state index in [1.54, 1.807) is 14.2 Å². The fraction of sp³-hybridized carbons (Fsp3) is 0.714. The van der Waals surface area contributed by atoms with Crippen molar-refractivity contribution in [1.29, 1.82) is 0 Å². The second-order valence-electron chi connectivity index (χ2n) is 7.07. The van der Waals surface area contributed by atoms with E-state index >= 15 is 0 Å². The number of nitrogens with zero attached hydrogens (tertiary/aromatic N) is 1. The lowest BCUT2D eigenvalue weighted by atomic mass is 10.1. The third-order valence-corrected chi connectivity index (χ3v) is 5.85. The molecule has 2 rings (SSSR count). The standard InChI is InChI=1S/C21H36N2O5S/c1-25-16-27-20-8-7-18(13-21(20)28-17-26-2)19(14-24)22-9-5-3-4-6-10-23-11-12-29-15-23/h7-8,13,19,22,24H,3-6,9-12,14-17H2,1-2H3. The van der Waals surface area contributed by atoms with Gasteiger partial charge in [-0.3, -0.25) is 4.90 Å². The number of ether oxygens (including phenoxy) is 4. The molecule has 0 aromatic heterocycles. The lowest BCUT2D eigenvalue weighted by molar-refractivity contribution is 0.0321. The Bertz CT molecular complexity index is 558. The van der Waals surface area contributed by atoms with Crippen LogP contribution in [0, 0.1) is 0 Å². The van der Waals surface area contributed by atoms with Crippen molar-refractivity contribution in [2.24, 2.45) is 0 Å². The van der Waals surface area contributed by atoms with Gasteiger partial charge in [0.15, 0.2) is 25.1 Å². The van der Waals surface area contributed by atoms with Gasteiger partial charge in [0.2, 0.25) is 0 Å². The molecule has 166 valence electrons. The first-order valence-corrected chi connectivity index (χ1v) is 11.5. The SMILES string of the molecule is COCOc1ccc(C(CO)NCCCCCCN2CCSC2)cc1OCOC. The summed E-state index contributed by atoms with van der Waals surface area (Å²) < 4.78 is 21.1. The quantitative estimate of drug-likeness (QED) is 0.308. The highest BCUT2D eigenvalue weighted by Gasteiger charge is 2.14. The number of hydrogen-bond donors (Lipinski definition) is 2. The molecule has 0 saturated carbocycles. The van der Waals surface area contributed by atoms with Crippen LogP contribution >= 0.6 is 11.8 Å². The molecule has 1 saturated heterocycles. The predicted molar refractivity (Wildman–Crippen MR) is 117 cm³/mol. The van der Waals surface area contributed by atoms with Crippen molar-refractivity contribution in [1.82, 2.24) is 10.2 Å². The molecule has 1 aliphatic heterocycles. The highest BCUT2D eigenvalue weighted by molar-refractivity contribution is 7.99. The molecule has 1 fully saturated rings. The molecule has 1 heterocycles. The van der Waals surface area contributed by atoms with Crippen molar-refractivity contribution in [3.05, 3.63) is 23.8 Å². The van der Waals surface area contributed by atoms with Crippen molar-refractivity contribution in [2.75, 3.05) is 65.7 Å². The second-order valence-corrected chi connectivity index (χ2v) is 8.14. The van der Waals surface area contributed by atoms with Crippen LogP contribution in [0.1, 0.15) is 37.3 Å². The molecule has 1 aliphatic rings. The molecule has 0 bridgehead atoms. The summed E-state index contributed by atoms with van der Waals surface area (Å²) in [4.78, 5) is 2.54. The van der Waals surface area contributed by atoms with Gasteiger partial charge in [-0.1, -0.05) is 18.9 Å². The zero-order valence-electron chi connectivity index (χ0n) is 17.7. The van der Waals surface area contributed by atoms with Gasteiger partial charge in [0, 0.05) is 32.4 Å². The van der Waals surface area contributed by atoms with Gasteiger partial charge in [-0.15, -0.1) is 11.8 Å². The zero-order valence-corrected chi connectivity index (χ0v) is 18.5. The Balaban J connectivity index is 1.75. The van der Waals surface area contributed by atoms with Gasteiger partial charge in [-0.25, -0.2) is 0 Å². The number of rotatable bonds is 16. The van der Waals surface area contributed by atoms with E-state index in [4.69, 9.17) is 18.9 Å². The molecule has 0 amide bonds. The summed E-state index contributed by atoms with van der Waals surface area (Å²) in [6.07, 6.45) is 4.84. The molecule has 1 atom stereocenters. The van der Waals surface area contributed by atoms with Crippen LogP contribution in [0.25, 0.3) is 0 Å². The Hall–Kier alpha value is -1.03. The van der Waals surface area contributed by atoms with E-state index in [1.807, 2.05) is 30.0 Å². The van der Waals surface area contributed by atoms with E-state index in [0.29, 0.717) is 11.5 Å². The van der Waals surface area contributed by atoms with Gasteiger partial charge >= 0.3 is 0 Å². The molecule has 0 spiro atoms. The van der Waals surface area contributed by atoms with Gasteiger partial charge < -0.3 is 29.4 Å². The largest absolute Gasteiger partial charge is 0.464 e. The van der Waals surface area contributed by atoms with Crippen LogP contribution in [0.4, 0.5) is 0 Å². The van der Waals surface area contributed by atoms with Crippen LogP contribution in [-0.4, -0.2) is 75.7 Å². The van der Waals surface area contributed by atoms with Crippen LogP contribution in [-0.2, 0) is 9.47 Å². The fourth-order valence-electron chi connectivity index (χ4n) is 3.22. The fourth-order valence-corrected chi connectivity index (χ4v) is 4.26. The average Bonchev–Trinajstić information content (AvgIpc) is 3.26. The molecule has 1 aromatic rings. The topological polar surface area (TPSA) is 72.4 Å². The van der Waals surface area contributed by atoms with Crippen LogP contribution in [0.5, 0.6) is 11.5 Å². The van der Waals surface area contributed by atoms with E-state index in [0.717, 1.165) is 18.5 Å². The van der Waals surface area contributed by atoms with Crippen molar-refractivity contribution in [2.45, 2.75) is 31.7 Å². The van der Waals surface area contributed by atoms with E-state index < -0.39 is 0 Å². The van der Waals surface area contributed by atoms with Crippen molar-refractivity contribution in [3.63, 3.8) is 0 Å². The summed E-state index contributed by atoms with van der Waals surface area (Å²) in [6.45, 7) is 3.63. The Morgan fingerprint density at radius 1 is 1.07 bits per heavy atom. The van der Waals surface area contributed by atoms with Gasteiger partial charge in [0.1, 0.15) is 0 Å². The highest BCUT2D eigenvalue weighted by atomic mass is 32.2. The van der Waals surface area contributed by atoms with Gasteiger partial charge in [-0.05, 0) is 43.6 Å². The summed E-state index contributed by atoms with van der Waals surface area (Å²) >= 11 is 2.03. The zero-order chi connectivity index (χ0) is 20.7. The number of hydrogen-bond acceptors (Lipinski definition) is 8. The Kier molecular flexibility index (Phi) is 12.4. The summed E-state index contributed by atoms with van der Waals surface area (Å²) in [5.41, 5.74) is 0.954. The smallest absolute Gasteiger partial charge is 0.188 e. The Labute approximate surface area is 179 Å². The maximum atomic E-state index is 9.83. The molecule has 2 N–H and O–H groups in total. The summed E-state index contributed by atoms with van der Waals surface area (Å²) in [6, 6.07) is 5.51. The van der Waals surface area contributed by atoms with Crippen molar-refractivity contribution < 1.29 is 24.1 Å². The summed E-state index contributed by atoms with van der Waals surface area (Å²) in [7, 11) is 3.14. The molecule has 0 aliphatic carbocycles. The lowest BCUT2D eigenvalue weighted by Gasteiger charge is -2.19. The number of unbranched alkanes of at least 4 members (excludes halogenated alkanes) is 3. The summed E-state index contributed by atoms with van der Waals surface area (Å²) in [5.74, 6) is 3.64. The third kappa shape index (κ3) is 9.11. The molecule has 8 heteroatoms. The van der Waals surface area contributed by atoms with E-state index in [-0.39, 0.29) is 26.2 Å². The first-order chi connectivity index (χ1) is 14.3. The number of benzene rings is 1. The van der Waals surface area contributed by atoms with Crippen LogP contribution in [0.15, 0.2) is 18.2 Å². The number of aliphatic hydroxyl groups excluding tert-OH is 1. The second kappa shape index (κ2) is 14.9. The maximum Gasteiger partial charge on any atom is 0.188 e. The first-order valence-electron chi connectivity index (χ1n) is 10.3. The minimum absolute atomic E-state index is 0.0224. The summed E-state index contributed by atoms with van der Waals surface area (Å²) in [5, 5.41) is 13.3. The number of methoxy groups -OCH3 is 2. The molecule has 1 aromatic carbocycles. The van der Waals surface area contributed by atoms with E-state index in [2.05, 4.69) is 10.2 Å². The normalized spacial score (nSPS) is 15.6. The van der Waals surface area contributed by atoms with Gasteiger partial charge in [0.05, 0.1) is 12.6 Å². The maximum absolute atomic E-state index is 9.83. The van der Waals surface area contributed by atoms with Crippen molar-refractivity contribution in [3.8, 4) is 11.5 Å². The van der Waals surface area contributed by atoms with Gasteiger partial charge in [-0.2, -0.15) is 0 Å². The third-order valence-electron chi connectivity index (χ3n) is 4.83. The monoisotopic (exact) mass is 428 g/mol. The molecule has 0 radical (unpaired) electrons. The average molecular weight is 429 g/mol. The minimum atomic E-state index is -0.141. The number of thioether (sulfide) groups is 1. The van der Waals surface area contributed by atoms with Gasteiger partial charge in [0.25, 0.3) is 0 Å². The molecule has 7 nitrogen and oxygen atoms in total. The van der Waals surface area contributed by atoms with Crippen LogP contribution < -0.4 is 14.8 Å². The van der Waals surface area contributed by atoms with E-state index in [9.17, 15) is 5.11 Å². The van der Waals surface area contributed by atoms with Crippen LogP contribution in [0.2, 0.25) is 0 Å². The molecule has 1 unspecified atom stereocenters. The van der Waals surface area contributed by atoms with Crippen LogP contribution in [0.3, 0.4) is 0 Å². The molecular weight excluding hydrogens is 392 g/mol. The number of aliphatic hydroxyl groups is 1. The Morgan fingerprint density at radius 3 is 2.52 bits per heavy atom. The molecular formula is C21H36N2O5S. The van der Waals surface area contributed by atoms with E-state index in [1.165, 1.54) is 44.0 Å². The highest BCUT2D eigenvalue weighted by Crippen LogP contribution is 2.31. The number of nitrogens with one attached hydrogen (secondary N) is 1. The lowest BCUT2D eigenvalue weighted by Crippen LogP contribution is -2.25.